The molecule has 0 saturated heterocycles. The van der Waals surface area contributed by atoms with E-state index in [0.717, 1.165) is 34.7 Å². The fourth-order valence-electron chi connectivity index (χ4n) is 2.34. The van der Waals surface area contributed by atoms with E-state index in [-0.39, 0.29) is 12.1 Å². The molecule has 6 nitrogen and oxygen atoms in total. The lowest BCUT2D eigenvalue weighted by Crippen LogP contribution is -2.41. The van der Waals surface area contributed by atoms with E-state index in [1.807, 2.05) is 19.1 Å². The molecule has 0 aromatic heterocycles. The van der Waals surface area contributed by atoms with Crippen molar-refractivity contribution in [1.29, 1.82) is 0 Å². The van der Waals surface area contributed by atoms with Crippen LogP contribution in [0.2, 0.25) is 0 Å². The first-order chi connectivity index (χ1) is 13.6. The van der Waals surface area contributed by atoms with Crippen molar-refractivity contribution in [3.05, 3.63) is 65.2 Å². The largest absolute Gasteiger partial charge is 0.416 e. The molecule has 0 fully saturated rings. The van der Waals surface area contributed by atoms with Gasteiger partial charge in [-0.2, -0.15) is 13.2 Å². The fraction of sp³-hybridized carbons (Fsp3) is 0.250. The van der Waals surface area contributed by atoms with Gasteiger partial charge < -0.3 is 15.5 Å². The molecule has 0 atom stereocenters. The third-order valence-corrected chi connectivity index (χ3v) is 4.02. The number of halogens is 3. The van der Waals surface area contributed by atoms with Gasteiger partial charge >= 0.3 is 6.18 Å². The van der Waals surface area contributed by atoms with Gasteiger partial charge in [0.25, 0.3) is 5.91 Å². The Morgan fingerprint density at radius 1 is 0.966 bits per heavy atom. The molecule has 0 unspecified atom stereocenters. The molecule has 0 aliphatic rings. The minimum absolute atomic E-state index is 0.00873. The Kier molecular flexibility index (Phi) is 6.98. The molecule has 2 rings (SSSR count). The normalized spacial score (nSPS) is 10.9. The number of carbonyl (C=O) groups excluding carboxylic acids is 3. The summed E-state index contributed by atoms with van der Waals surface area (Å²) in [6, 6.07) is 10.8. The number of alkyl halides is 3. The van der Waals surface area contributed by atoms with Crippen LogP contribution in [-0.2, 0) is 15.8 Å². The molecule has 9 heteroatoms. The predicted molar refractivity (Wildman–Crippen MR) is 101 cm³/mol. The van der Waals surface area contributed by atoms with Crippen LogP contribution in [0.25, 0.3) is 0 Å². The zero-order valence-corrected chi connectivity index (χ0v) is 15.8. The summed E-state index contributed by atoms with van der Waals surface area (Å²) in [4.78, 5) is 37.2. The summed E-state index contributed by atoms with van der Waals surface area (Å²) in [6.45, 7) is 1.30. The van der Waals surface area contributed by atoms with E-state index in [1.165, 1.54) is 7.05 Å². The zero-order chi connectivity index (χ0) is 21.6. The van der Waals surface area contributed by atoms with Crippen LogP contribution in [0.1, 0.15) is 21.5 Å². The molecule has 0 spiro atoms. The summed E-state index contributed by atoms with van der Waals surface area (Å²) in [5, 5.41) is 4.97. The summed E-state index contributed by atoms with van der Waals surface area (Å²) in [7, 11) is 1.40. The number of benzene rings is 2. The second-order valence-electron chi connectivity index (χ2n) is 6.42. The van der Waals surface area contributed by atoms with Crippen LogP contribution in [0, 0.1) is 6.92 Å². The number of amides is 3. The minimum Gasteiger partial charge on any atom is -0.343 e. The molecule has 0 heterocycles. The molecule has 2 N–H and O–H groups in total. The van der Waals surface area contributed by atoms with E-state index in [0.29, 0.717) is 5.69 Å². The van der Waals surface area contributed by atoms with E-state index in [4.69, 9.17) is 0 Å². The van der Waals surface area contributed by atoms with Crippen molar-refractivity contribution in [3.63, 3.8) is 0 Å². The number of nitrogens with one attached hydrogen (secondary N) is 2. The first kappa shape index (κ1) is 21.9. The lowest BCUT2D eigenvalue weighted by Gasteiger charge is -2.17. The van der Waals surface area contributed by atoms with Crippen LogP contribution >= 0.6 is 0 Å². The minimum atomic E-state index is -4.49. The highest BCUT2D eigenvalue weighted by Gasteiger charge is 2.30. The Balaban J connectivity index is 1.82. The Morgan fingerprint density at radius 2 is 1.55 bits per heavy atom. The lowest BCUT2D eigenvalue weighted by molar-refractivity contribution is -0.137. The maximum atomic E-state index is 12.5. The molecule has 0 saturated carbocycles. The number of aryl methyl sites for hydroxylation is 1. The van der Waals surface area contributed by atoms with Crippen molar-refractivity contribution in [1.82, 2.24) is 10.2 Å². The molecule has 154 valence electrons. The van der Waals surface area contributed by atoms with Gasteiger partial charge in [-0.3, -0.25) is 14.4 Å². The van der Waals surface area contributed by atoms with Gasteiger partial charge in [0.2, 0.25) is 11.8 Å². The van der Waals surface area contributed by atoms with Crippen LogP contribution in [0.15, 0.2) is 48.5 Å². The summed E-state index contributed by atoms with van der Waals surface area (Å²) >= 11 is 0. The number of rotatable bonds is 6. The van der Waals surface area contributed by atoms with Gasteiger partial charge in [0.1, 0.15) is 0 Å². The van der Waals surface area contributed by atoms with Crippen LogP contribution < -0.4 is 10.6 Å². The highest BCUT2D eigenvalue weighted by molar-refractivity contribution is 5.98. The first-order valence-electron chi connectivity index (χ1n) is 8.62. The monoisotopic (exact) mass is 407 g/mol. The number of carbonyl (C=O) groups is 3. The Morgan fingerprint density at radius 3 is 2.10 bits per heavy atom. The lowest BCUT2D eigenvalue weighted by atomic mass is 10.1. The summed E-state index contributed by atoms with van der Waals surface area (Å²) in [5.74, 6) is -1.62. The van der Waals surface area contributed by atoms with E-state index >= 15 is 0 Å². The van der Waals surface area contributed by atoms with Crippen molar-refractivity contribution in [2.24, 2.45) is 0 Å². The van der Waals surface area contributed by atoms with Crippen molar-refractivity contribution >= 4 is 23.4 Å². The molecule has 0 aliphatic carbocycles. The highest BCUT2D eigenvalue weighted by Crippen LogP contribution is 2.29. The third kappa shape index (κ3) is 6.63. The number of anilines is 1. The van der Waals surface area contributed by atoms with E-state index < -0.39 is 36.0 Å². The molecule has 0 radical (unpaired) electrons. The molecule has 2 aromatic rings. The number of hydrogen-bond donors (Lipinski definition) is 2. The second-order valence-corrected chi connectivity index (χ2v) is 6.42. The van der Waals surface area contributed by atoms with Crippen LogP contribution in [0.3, 0.4) is 0 Å². The van der Waals surface area contributed by atoms with Gasteiger partial charge in [0.15, 0.2) is 0 Å². The summed E-state index contributed by atoms with van der Waals surface area (Å²) in [6.07, 6.45) is -4.49. The van der Waals surface area contributed by atoms with Gasteiger partial charge in [-0.25, -0.2) is 0 Å². The number of nitrogens with zero attached hydrogens (tertiary/aromatic N) is 1. The van der Waals surface area contributed by atoms with E-state index in [9.17, 15) is 27.6 Å². The third-order valence-electron chi connectivity index (χ3n) is 4.02. The fourth-order valence-corrected chi connectivity index (χ4v) is 2.34. The highest BCUT2D eigenvalue weighted by atomic mass is 19.4. The van der Waals surface area contributed by atoms with Crippen molar-refractivity contribution in [2.45, 2.75) is 13.1 Å². The van der Waals surface area contributed by atoms with Crippen molar-refractivity contribution < 1.29 is 27.6 Å². The SMILES string of the molecule is Cc1ccc(NC(=O)CN(C)C(=O)CNC(=O)c2ccc(C(F)(F)F)cc2)cc1. The summed E-state index contributed by atoms with van der Waals surface area (Å²) in [5.41, 5.74) is 0.756. The first-order valence-corrected chi connectivity index (χ1v) is 8.62. The molecular weight excluding hydrogens is 387 g/mol. The molecular formula is C20H20F3N3O3. The van der Waals surface area contributed by atoms with Crippen LogP contribution in [0.5, 0.6) is 0 Å². The van der Waals surface area contributed by atoms with Gasteiger partial charge in [0, 0.05) is 18.3 Å². The van der Waals surface area contributed by atoms with Crippen LogP contribution in [-0.4, -0.2) is 42.8 Å². The Hall–Kier alpha value is -3.36. The quantitative estimate of drug-likeness (QED) is 0.773. The van der Waals surface area contributed by atoms with Gasteiger partial charge in [-0.1, -0.05) is 17.7 Å². The average molecular weight is 407 g/mol. The molecule has 3 amide bonds. The Bertz CT molecular complexity index is 879. The smallest absolute Gasteiger partial charge is 0.343 e. The number of hydrogen-bond acceptors (Lipinski definition) is 3. The average Bonchev–Trinajstić information content (AvgIpc) is 2.67. The predicted octanol–water partition coefficient (Wildman–Crippen LogP) is 2.84. The summed E-state index contributed by atoms with van der Waals surface area (Å²) < 4.78 is 37.6. The van der Waals surface area contributed by atoms with Crippen LogP contribution in [0.4, 0.5) is 18.9 Å². The maximum Gasteiger partial charge on any atom is 0.416 e. The number of likely N-dealkylation sites (N-methyl/N-ethyl adjacent to an activating group) is 1. The zero-order valence-electron chi connectivity index (χ0n) is 15.8. The topological polar surface area (TPSA) is 78.5 Å². The molecule has 2 aromatic carbocycles. The maximum absolute atomic E-state index is 12.5. The molecule has 0 bridgehead atoms. The standard InChI is InChI=1S/C20H20F3N3O3/c1-13-3-9-16(10-4-13)25-17(27)12-26(2)18(28)11-24-19(29)14-5-7-15(8-6-14)20(21,22)23/h3-10H,11-12H2,1-2H3,(H,24,29)(H,25,27). The second kappa shape index (κ2) is 9.22. The van der Waals surface area contributed by atoms with E-state index in [1.54, 1.807) is 12.1 Å². The van der Waals surface area contributed by atoms with Crippen molar-refractivity contribution in [3.8, 4) is 0 Å². The van der Waals surface area contributed by atoms with Crippen molar-refractivity contribution in [2.75, 3.05) is 25.5 Å². The van der Waals surface area contributed by atoms with Gasteiger partial charge in [-0.15, -0.1) is 0 Å². The van der Waals surface area contributed by atoms with Gasteiger partial charge in [-0.05, 0) is 43.3 Å². The Labute approximate surface area is 165 Å². The van der Waals surface area contributed by atoms with Gasteiger partial charge in [0.05, 0.1) is 18.7 Å². The molecule has 29 heavy (non-hydrogen) atoms. The molecule has 0 aliphatic heterocycles. The van der Waals surface area contributed by atoms with E-state index in [2.05, 4.69) is 10.6 Å².